The predicted octanol–water partition coefficient (Wildman–Crippen LogP) is 3.84. The number of benzene rings is 2. The highest BCUT2D eigenvalue weighted by Gasteiger charge is 2.25. The maximum Gasteiger partial charge on any atom is 0.270 e. The Bertz CT molecular complexity index is 1110. The van der Waals surface area contributed by atoms with Crippen LogP contribution in [0, 0.1) is 13.8 Å². The Balaban J connectivity index is 1.75. The number of nitrogens with zero attached hydrogens (tertiary/aromatic N) is 2. The fourth-order valence-electron chi connectivity index (χ4n) is 2.78. The molecular formula is C20H22N4O3S2. The van der Waals surface area contributed by atoms with E-state index in [0.29, 0.717) is 12.0 Å². The van der Waals surface area contributed by atoms with Crippen molar-refractivity contribution in [3.05, 3.63) is 70.8 Å². The zero-order valence-electron chi connectivity index (χ0n) is 16.3. The first-order valence-corrected chi connectivity index (χ1v) is 11.4. The highest BCUT2D eigenvalue weighted by molar-refractivity contribution is 7.91. The van der Waals surface area contributed by atoms with Gasteiger partial charge in [-0.3, -0.25) is 10.1 Å². The van der Waals surface area contributed by atoms with Crippen LogP contribution in [0.25, 0.3) is 0 Å². The van der Waals surface area contributed by atoms with E-state index in [1.807, 2.05) is 57.2 Å². The topological polar surface area (TPSA) is 101 Å². The number of anilines is 1. The van der Waals surface area contributed by atoms with E-state index in [0.717, 1.165) is 28.0 Å². The molecule has 7 nitrogen and oxygen atoms in total. The number of sulfonamides is 1. The number of amides is 1. The van der Waals surface area contributed by atoms with Gasteiger partial charge in [-0.1, -0.05) is 66.3 Å². The summed E-state index contributed by atoms with van der Waals surface area (Å²) in [4.78, 5) is 12.4. The lowest BCUT2D eigenvalue weighted by Crippen LogP contribution is -2.28. The lowest BCUT2D eigenvalue weighted by molar-refractivity contribution is 0.102. The molecule has 0 bridgehead atoms. The molecule has 9 heteroatoms. The van der Waals surface area contributed by atoms with E-state index in [9.17, 15) is 13.2 Å². The Hall–Kier alpha value is -2.62. The molecule has 0 saturated heterocycles. The zero-order chi connectivity index (χ0) is 21.0. The van der Waals surface area contributed by atoms with Crippen LogP contribution in [-0.2, 0) is 10.0 Å². The summed E-state index contributed by atoms with van der Waals surface area (Å²) < 4.78 is 28.0. The minimum Gasteiger partial charge on any atom is -0.296 e. The maximum atomic E-state index is 12.7. The van der Waals surface area contributed by atoms with E-state index in [4.69, 9.17) is 0 Å². The lowest BCUT2D eigenvalue weighted by atomic mass is 10.0. The molecule has 3 aromatic rings. The number of aromatic nitrogens is 2. The second kappa shape index (κ2) is 8.81. The minimum atomic E-state index is -3.87. The second-order valence-corrected chi connectivity index (χ2v) is 9.50. The normalized spacial score (nSPS) is 12.5. The fraction of sp³-hybridized carbons (Fsp3) is 0.250. The third-order valence-corrected chi connectivity index (χ3v) is 7.11. The van der Waals surface area contributed by atoms with E-state index in [-0.39, 0.29) is 21.4 Å². The van der Waals surface area contributed by atoms with Crippen molar-refractivity contribution in [2.24, 2.45) is 0 Å². The largest absolute Gasteiger partial charge is 0.296 e. The molecule has 0 unspecified atom stereocenters. The van der Waals surface area contributed by atoms with Crippen LogP contribution < -0.4 is 10.0 Å². The number of aryl methyl sites for hydroxylation is 2. The fourth-order valence-corrected chi connectivity index (χ4v) is 5.00. The molecule has 0 aliphatic heterocycles. The van der Waals surface area contributed by atoms with Gasteiger partial charge in [-0.25, -0.2) is 13.1 Å². The first kappa shape index (κ1) is 21.1. The molecule has 0 aliphatic carbocycles. The monoisotopic (exact) mass is 430 g/mol. The standard InChI is InChI=1S/C20H22N4O3S2/c1-4-17(15-11-9-13(2)10-12-15)24-29(26,27)20-23-22-19(28-20)21-18(25)16-8-6-5-7-14(16)3/h5-12,17,24H,4H2,1-3H3,(H,21,22,25)/t17-/m1/s1. The molecule has 0 aliphatic rings. The van der Waals surface area contributed by atoms with Gasteiger partial charge in [0.15, 0.2) is 0 Å². The summed E-state index contributed by atoms with van der Waals surface area (Å²) in [5.41, 5.74) is 3.28. The van der Waals surface area contributed by atoms with Crippen LogP contribution in [0.2, 0.25) is 0 Å². The van der Waals surface area contributed by atoms with E-state index in [1.165, 1.54) is 0 Å². The van der Waals surface area contributed by atoms with Gasteiger partial charge in [-0.15, -0.1) is 10.2 Å². The zero-order valence-corrected chi connectivity index (χ0v) is 18.0. The summed E-state index contributed by atoms with van der Waals surface area (Å²) in [5.74, 6) is -0.359. The predicted molar refractivity (Wildman–Crippen MR) is 114 cm³/mol. The maximum absolute atomic E-state index is 12.7. The van der Waals surface area contributed by atoms with Gasteiger partial charge in [0.25, 0.3) is 15.9 Å². The smallest absolute Gasteiger partial charge is 0.270 e. The van der Waals surface area contributed by atoms with E-state index in [1.54, 1.807) is 12.1 Å². The second-order valence-electron chi connectivity index (χ2n) is 6.63. The molecule has 0 spiro atoms. The molecule has 2 aromatic carbocycles. The van der Waals surface area contributed by atoms with Crippen molar-refractivity contribution in [1.29, 1.82) is 0 Å². The number of carbonyl (C=O) groups is 1. The Kier molecular flexibility index (Phi) is 6.41. The van der Waals surface area contributed by atoms with Gasteiger partial charge >= 0.3 is 0 Å². The number of carbonyl (C=O) groups excluding carboxylic acids is 1. The Morgan fingerprint density at radius 3 is 2.41 bits per heavy atom. The third kappa shape index (κ3) is 5.06. The number of rotatable bonds is 7. The van der Waals surface area contributed by atoms with Crippen molar-refractivity contribution in [3.63, 3.8) is 0 Å². The van der Waals surface area contributed by atoms with Crippen LogP contribution in [0.5, 0.6) is 0 Å². The first-order chi connectivity index (χ1) is 13.8. The highest BCUT2D eigenvalue weighted by Crippen LogP contribution is 2.24. The van der Waals surface area contributed by atoms with Crippen molar-refractivity contribution in [2.75, 3.05) is 5.32 Å². The summed E-state index contributed by atoms with van der Waals surface area (Å²) in [6.07, 6.45) is 0.581. The van der Waals surface area contributed by atoms with Gasteiger partial charge in [-0.2, -0.15) is 0 Å². The van der Waals surface area contributed by atoms with E-state index >= 15 is 0 Å². The summed E-state index contributed by atoms with van der Waals surface area (Å²) in [5, 5.41) is 10.3. The molecule has 1 atom stereocenters. The SMILES string of the molecule is CC[C@@H](NS(=O)(=O)c1nnc(NC(=O)c2ccccc2C)s1)c1ccc(C)cc1. The Morgan fingerprint density at radius 1 is 1.07 bits per heavy atom. The third-order valence-electron chi connectivity index (χ3n) is 4.43. The first-order valence-electron chi connectivity index (χ1n) is 9.09. The molecule has 1 amide bonds. The van der Waals surface area contributed by atoms with Gasteiger partial charge in [0, 0.05) is 11.6 Å². The lowest BCUT2D eigenvalue weighted by Gasteiger charge is -2.16. The van der Waals surface area contributed by atoms with Crippen molar-refractivity contribution < 1.29 is 13.2 Å². The average molecular weight is 431 g/mol. The molecule has 1 heterocycles. The van der Waals surface area contributed by atoms with Gasteiger partial charge in [0.05, 0.1) is 0 Å². The molecule has 0 fully saturated rings. The molecule has 1 aromatic heterocycles. The van der Waals surface area contributed by atoms with E-state index in [2.05, 4.69) is 20.2 Å². The van der Waals surface area contributed by atoms with Crippen molar-refractivity contribution >= 4 is 32.4 Å². The molecular weight excluding hydrogens is 408 g/mol. The van der Waals surface area contributed by atoms with Gasteiger partial charge < -0.3 is 0 Å². The molecule has 2 N–H and O–H groups in total. The Morgan fingerprint density at radius 2 is 1.76 bits per heavy atom. The summed E-state index contributed by atoms with van der Waals surface area (Å²) in [6.45, 7) is 5.70. The molecule has 29 heavy (non-hydrogen) atoms. The minimum absolute atomic E-state index is 0.127. The Labute approximate surface area is 174 Å². The van der Waals surface area contributed by atoms with Crippen LogP contribution in [0.4, 0.5) is 5.13 Å². The van der Waals surface area contributed by atoms with E-state index < -0.39 is 10.0 Å². The van der Waals surface area contributed by atoms with Crippen molar-refractivity contribution in [3.8, 4) is 0 Å². The summed E-state index contributed by atoms with van der Waals surface area (Å²) in [7, 11) is -3.87. The molecule has 0 radical (unpaired) electrons. The highest BCUT2D eigenvalue weighted by atomic mass is 32.2. The van der Waals surface area contributed by atoms with Crippen LogP contribution in [0.3, 0.4) is 0 Å². The molecule has 152 valence electrons. The molecule has 3 rings (SSSR count). The van der Waals surface area contributed by atoms with Crippen LogP contribution in [0.1, 0.15) is 46.4 Å². The van der Waals surface area contributed by atoms with Crippen molar-refractivity contribution in [2.45, 2.75) is 37.6 Å². The summed E-state index contributed by atoms with van der Waals surface area (Å²) >= 11 is 0.814. The van der Waals surface area contributed by atoms with Crippen LogP contribution in [-0.4, -0.2) is 24.5 Å². The van der Waals surface area contributed by atoms with Gasteiger partial charge in [-0.05, 0) is 37.5 Å². The quantitative estimate of drug-likeness (QED) is 0.555. The van der Waals surface area contributed by atoms with Crippen LogP contribution in [0.15, 0.2) is 52.9 Å². The number of hydrogen-bond acceptors (Lipinski definition) is 6. The van der Waals surface area contributed by atoms with Crippen molar-refractivity contribution in [1.82, 2.24) is 14.9 Å². The number of nitrogens with one attached hydrogen (secondary N) is 2. The summed E-state index contributed by atoms with van der Waals surface area (Å²) in [6, 6.07) is 14.4. The van der Waals surface area contributed by atoms with Gasteiger partial charge in [0.1, 0.15) is 0 Å². The van der Waals surface area contributed by atoms with Crippen LogP contribution >= 0.6 is 11.3 Å². The average Bonchev–Trinajstić information content (AvgIpc) is 3.16. The van der Waals surface area contributed by atoms with Gasteiger partial charge in [0.2, 0.25) is 9.47 Å². The molecule has 0 saturated carbocycles. The number of hydrogen-bond donors (Lipinski definition) is 2.